The number of halogens is 1. The SMILES string of the molecule is CC(C)c1ccc(CN2CCC[C@@]3(CCC(=O)N3Cc3ccc(F)cc3)CC2)cc1. The third kappa shape index (κ3) is 4.59. The van der Waals surface area contributed by atoms with Crippen LogP contribution in [0.25, 0.3) is 0 Å². The Labute approximate surface area is 179 Å². The van der Waals surface area contributed by atoms with Gasteiger partial charge in [0, 0.05) is 31.6 Å². The number of carbonyl (C=O) groups is 1. The molecular formula is C26H33FN2O. The number of likely N-dealkylation sites (tertiary alicyclic amines) is 2. The summed E-state index contributed by atoms with van der Waals surface area (Å²) in [5.41, 5.74) is 3.72. The van der Waals surface area contributed by atoms with Gasteiger partial charge >= 0.3 is 0 Å². The molecule has 0 unspecified atom stereocenters. The Hall–Kier alpha value is -2.20. The van der Waals surface area contributed by atoms with Crippen LogP contribution in [0.2, 0.25) is 0 Å². The van der Waals surface area contributed by atoms with Gasteiger partial charge in [0.15, 0.2) is 0 Å². The molecule has 2 heterocycles. The molecule has 1 amide bonds. The first kappa shape index (κ1) is 21.0. The summed E-state index contributed by atoms with van der Waals surface area (Å²) in [6.07, 6.45) is 4.77. The van der Waals surface area contributed by atoms with Crippen LogP contribution in [0.15, 0.2) is 48.5 Å². The molecule has 0 N–H and O–H groups in total. The van der Waals surface area contributed by atoms with Crippen LogP contribution in [0.1, 0.15) is 68.6 Å². The summed E-state index contributed by atoms with van der Waals surface area (Å²) in [5.74, 6) is 0.578. The van der Waals surface area contributed by atoms with Gasteiger partial charge < -0.3 is 4.90 Å². The van der Waals surface area contributed by atoms with Crippen molar-refractivity contribution in [2.75, 3.05) is 13.1 Å². The minimum Gasteiger partial charge on any atom is -0.333 e. The Morgan fingerprint density at radius 1 is 0.900 bits per heavy atom. The highest BCUT2D eigenvalue weighted by atomic mass is 19.1. The van der Waals surface area contributed by atoms with Crippen molar-refractivity contribution in [2.24, 2.45) is 0 Å². The lowest BCUT2D eigenvalue weighted by Crippen LogP contribution is -2.45. The third-order valence-electron chi connectivity index (χ3n) is 6.99. The third-order valence-corrected chi connectivity index (χ3v) is 6.99. The van der Waals surface area contributed by atoms with E-state index in [4.69, 9.17) is 0 Å². The van der Waals surface area contributed by atoms with Crippen molar-refractivity contribution in [3.05, 3.63) is 71.0 Å². The molecule has 2 fully saturated rings. The zero-order chi connectivity index (χ0) is 21.1. The summed E-state index contributed by atoms with van der Waals surface area (Å²) < 4.78 is 13.3. The van der Waals surface area contributed by atoms with Crippen LogP contribution in [0, 0.1) is 5.82 Å². The Morgan fingerprint density at radius 3 is 2.27 bits per heavy atom. The molecule has 1 spiro atoms. The van der Waals surface area contributed by atoms with Gasteiger partial charge in [0.25, 0.3) is 0 Å². The summed E-state index contributed by atoms with van der Waals surface area (Å²) in [6.45, 7) is 8.11. The first-order chi connectivity index (χ1) is 14.4. The van der Waals surface area contributed by atoms with E-state index in [2.05, 4.69) is 47.9 Å². The van der Waals surface area contributed by atoms with Crippen molar-refractivity contribution >= 4 is 5.91 Å². The molecule has 0 saturated carbocycles. The second-order valence-electron chi connectivity index (χ2n) is 9.36. The van der Waals surface area contributed by atoms with Crippen molar-refractivity contribution in [3.63, 3.8) is 0 Å². The summed E-state index contributed by atoms with van der Waals surface area (Å²) in [5, 5.41) is 0. The van der Waals surface area contributed by atoms with Crippen LogP contribution in [0.5, 0.6) is 0 Å². The molecule has 0 radical (unpaired) electrons. The van der Waals surface area contributed by atoms with E-state index in [0.29, 0.717) is 18.9 Å². The van der Waals surface area contributed by atoms with Gasteiger partial charge in [-0.25, -0.2) is 4.39 Å². The lowest BCUT2D eigenvalue weighted by atomic mass is 9.87. The smallest absolute Gasteiger partial charge is 0.223 e. The number of amides is 1. The maximum Gasteiger partial charge on any atom is 0.223 e. The molecule has 1 atom stereocenters. The molecule has 3 nitrogen and oxygen atoms in total. The molecular weight excluding hydrogens is 375 g/mol. The fourth-order valence-electron chi connectivity index (χ4n) is 5.08. The van der Waals surface area contributed by atoms with Gasteiger partial charge in [-0.05, 0) is 67.0 Å². The molecule has 4 rings (SSSR count). The molecule has 2 saturated heterocycles. The van der Waals surface area contributed by atoms with Gasteiger partial charge in [-0.15, -0.1) is 0 Å². The van der Waals surface area contributed by atoms with E-state index < -0.39 is 0 Å². The number of nitrogens with zero attached hydrogens (tertiary/aromatic N) is 2. The van der Waals surface area contributed by atoms with E-state index in [-0.39, 0.29) is 17.3 Å². The minimum atomic E-state index is -0.229. The monoisotopic (exact) mass is 408 g/mol. The first-order valence-electron chi connectivity index (χ1n) is 11.3. The summed E-state index contributed by atoms with van der Waals surface area (Å²) in [4.78, 5) is 17.4. The van der Waals surface area contributed by atoms with Crippen LogP contribution >= 0.6 is 0 Å². The second kappa shape index (κ2) is 8.89. The van der Waals surface area contributed by atoms with Crippen molar-refractivity contribution in [1.82, 2.24) is 9.80 Å². The highest BCUT2D eigenvalue weighted by molar-refractivity contribution is 5.79. The molecule has 160 valence electrons. The van der Waals surface area contributed by atoms with Crippen LogP contribution in [0.4, 0.5) is 4.39 Å². The number of hydrogen-bond donors (Lipinski definition) is 0. The Kier molecular flexibility index (Phi) is 6.24. The van der Waals surface area contributed by atoms with Crippen molar-refractivity contribution in [2.45, 2.75) is 70.5 Å². The number of benzene rings is 2. The van der Waals surface area contributed by atoms with Gasteiger partial charge in [-0.2, -0.15) is 0 Å². The Morgan fingerprint density at radius 2 is 1.57 bits per heavy atom. The topological polar surface area (TPSA) is 23.6 Å². The average Bonchev–Trinajstić information content (AvgIpc) is 2.90. The quantitative estimate of drug-likeness (QED) is 0.652. The fraction of sp³-hybridized carbons (Fsp3) is 0.500. The van der Waals surface area contributed by atoms with Gasteiger partial charge in [-0.3, -0.25) is 9.69 Å². The van der Waals surface area contributed by atoms with E-state index in [0.717, 1.165) is 50.9 Å². The van der Waals surface area contributed by atoms with Crippen molar-refractivity contribution in [1.29, 1.82) is 0 Å². The average molecular weight is 409 g/mol. The maximum absolute atomic E-state index is 13.3. The van der Waals surface area contributed by atoms with Gasteiger partial charge in [0.2, 0.25) is 5.91 Å². The molecule has 2 aliphatic rings. The standard InChI is InChI=1S/C26H33FN2O/c1-20(2)23-8-4-21(5-9-23)18-28-16-3-13-26(15-17-28)14-12-25(30)29(26)19-22-6-10-24(27)11-7-22/h4-11,20H,3,12-19H2,1-2H3/t26-/m1/s1. The minimum absolute atomic E-state index is 0.0400. The van der Waals surface area contributed by atoms with Crippen molar-refractivity contribution < 1.29 is 9.18 Å². The van der Waals surface area contributed by atoms with Gasteiger partial charge in [0.1, 0.15) is 5.82 Å². The number of carbonyl (C=O) groups excluding carboxylic acids is 1. The summed E-state index contributed by atoms with van der Waals surface area (Å²) in [7, 11) is 0. The van der Waals surface area contributed by atoms with Crippen molar-refractivity contribution in [3.8, 4) is 0 Å². The lowest BCUT2D eigenvalue weighted by Gasteiger charge is -2.38. The molecule has 0 bridgehead atoms. The molecule has 2 aromatic rings. The molecule has 30 heavy (non-hydrogen) atoms. The largest absolute Gasteiger partial charge is 0.333 e. The zero-order valence-electron chi connectivity index (χ0n) is 18.2. The first-order valence-corrected chi connectivity index (χ1v) is 11.3. The number of hydrogen-bond acceptors (Lipinski definition) is 2. The van der Waals surface area contributed by atoms with E-state index in [1.807, 2.05) is 0 Å². The van der Waals surface area contributed by atoms with Crippen LogP contribution in [-0.2, 0) is 17.9 Å². The molecule has 0 aliphatic carbocycles. The molecule has 2 aromatic carbocycles. The van der Waals surface area contributed by atoms with Gasteiger partial charge in [-0.1, -0.05) is 50.2 Å². The zero-order valence-corrected chi connectivity index (χ0v) is 18.2. The van der Waals surface area contributed by atoms with Crippen LogP contribution in [0.3, 0.4) is 0 Å². The summed E-state index contributed by atoms with van der Waals surface area (Å²) >= 11 is 0. The predicted molar refractivity (Wildman–Crippen MR) is 119 cm³/mol. The Balaban J connectivity index is 1.42. The molecule has 2 aliphatic heterocycles. The van der Waals surface area contributed by atoms with E-state index in [1.165, 1.54) is 23.3 Å². The van der Waals surface area contributed by atoms with Crippen LogP contribution in [-0.4, -0.2) is 34.3 Å². The van der Waals surface area contributed by atoms with E-state index in [9.17, 15) is 9.18 Å². The van der Waals surface area contributed by atoms with E-state index in [1.54, 1.807) is 12.1 Å². The highest BCUT2D eigenvalue weighted by Crippen LogP contribution is 2.40. The second-order valence-corrected chi connectivity index (χ2v) is 9.36. The maximum atomic E-state index is 13.3. The number of rotatable bonds is 5. The van der Waals surface area contributed by atoms with Crippen LogP contribution < -0.4 is 0 Å². The highest BCUT2D eigenvalue weighted by Gasteiger charge is 2.45. The normalized spacial score (nSPS) is 22.8. The Bertz CT molecular complexity index is 862. The summed E-state index contributed by atoms with van der Waals surface area (Å²) in [6, 6.07) is 15.6. The van der Waals surface area contributed by atoms with E-state index >= 15 is 0 Å². The molecule has 0 aromatic heterocycles. The lowest BCUT2D eigenvalue weighted by molar-refractivity contribution is -0.132. The predicted octanol–water partition coefficient (Wildman–Crippen LogP) is 5.50. The fourth-order valence-corrected chi connectivity index (χ4v) is 5.08. The molecule has 4 heteroatoms. The van der Waals surface area contributed by atoms with Gasteiger partial charge in [0.05, 0.1) is 0 Å².